The van der Waals surface area contributed by atoms with Crippen molar-refractivity contribution >= 4 is 28.3 Å². The molecule has 2 rings (SSSR count). The summed E-state index contributed by atoms with van der Waals surface area (Å²) in [7, 11) is -1.56. The van der Waals surface area contributed by atoms with Crippen LogP contribution in [0.1, 0.15) is 25.3 Å². The van der Waals surface area contributed by atoms with E-state index in [-0.39, 0.29) is 24.2 Å². The van der Waals surface area contributed by atoms with E-state index in [1.807, 2.05) is 14.0 Å². The Labute approximate surface area is 150 Å². The minimum atomic E-state index is -3.37. The van der Waals surface area contributed by atoms with Crippen molar-refractivity contribution in [2.24, 2.45) is 5.92 Å². The topological polar surface area (TPSA) is 78.5 Å². The summed E-state index contributed by atoms with van der Waals surface area (Å²) in [6, 6.07) is 6.75. The van der Waals surface area contributed by atoms with E-state index < -0.39 is 10.0 Å². The SMILES string of the molecule is CNCC(C)C(=O)NCc1ccc(S(=O)(=O)N2CCCC2)cc1.Cl. The Morgan fingerprint density at radius 2 is 1.79 bits per heavy atom. The van der Waals surface area contributed by atoms with Crippen molar-refractivity contribution < 1.29 is 13.2 Å². The second-order valence-electron chi connectivity index (χ2n) is 5.93. The van der Waals surface area contributed by atoms with Crippen molar-refractivity contribution in [3.05, 3.63) is 29.8 Å². The van der Waals surface area contributed by atoms with Gasteiger partial charge in [-0.3, -0.25) is 4.79 Å². The molecule has 0 radical (unpaired) electrons. The zero-order valence-electron chi connectivity index (χ0n) is 14.1. The van der Waals surface area contributed by atoms with Gasteiger partial charge in [-0.1, -0.05) is 19.1 Å². The first kappa shape index (κ1) is 20.9. The third kappa shape index (κ3) is 5.17. The molecule has 1 atom stereocenters. The quantitative estimate of drug-likeness (QED) is 0.754. The lowest BCUT2D eigenvalue weighted by Gasteiger charge is -2.16. The molecule has 1 saturated heterocycles. The van der Waals surface area contributed by atoms with E-state index in [1.165, 1.54) is 4.31 Å². The largest absolute Gasteiger partial charge is 0.352 e. The molecule has 24 heavy (non-hydrogen) atoms. The second kappa shape index (κ2) is 9.36. The highest BCUT2D eigenvalue weighted by molar-refractivity contribution is 7.89. The van der Waals surface area contributed by atoms with Crippen LogP contribution in [0.5, 0.6) is 0 Å². The van der Waals surface area contributed by atoms with Crippen LogP contribution >= 0.6 is 12.4 Å². The maximum atomic E-state index is 12.4. The van der Waals surface area contributed by atoms with Crippen molar-refractivity contribution in [1.29, 1.82) is 0 Å². The number of nitrogens with one attached hydrogen (secondary N) is 2. The Kier molecular flexibility index (Phi) is 8.15. The van der Waals surface area contributed by atoms with E-state index >= 15 is 0 Å². The number of amides is 1. The van der Waals surface area contributed by atoms with E-state index in [2.05, 4.69) is 10.6 Å². The van der Waals surface area contributed by atoms with Crippen molar-refractivity contribution in [3.8, 4) is 0 Å². The lowest BCUT2D eigenvalue weighted by atomic mass is 10.1. The van der Waals surface area contributed by atoms with Crippen LogP contribution in [0.3, 0.4) is 0 Å². The average Bonchev–Trinajstić information content (AvgIpc) is 3.08. The number of halogens is 1. The third-order valence-electron chi connectivity index (χ3n) is 4.05. The van der Waals surface area contributed by atoms with Gasteiger partial charge >= 0.3 is 0 Å². The Balaban J connectivity index is 0.00000288. The van der Waals surface area contributed by atoms with Crippen molar-refractivity contribution in [2.75, 3.05) is 26.7 Å². The number of nitrogens with zero attached hydrogens (tertiary/aromatic N) is 1. The highest BCUT2D eigenvalue weighted by atomic mass is 35.5. The monoisotopic (exact) mass is 375 g/mol. The fourth-order valence-corrected chi connectivity index (χ4v) is 4.14. The first-order valence-corrected chi connectivity index (χ1v) is 9.40. The van der Waals surface area contributed by atoms with Crippen LogP contribution < -0.4 is 10.6 Å². The molecule has 0 saturated carbocycles. The second-order valence-corrected chi connectivity index (χ2v) is 7.87. The van der Waals surface area contributed by atoms with Gasteiger partial charge in [0, 0.05) is 32.1 Å². The van der Waals surface area contributed by atoms with Gasteiger partial charge in [0.05, 0.1) is 4.90 Å². The molecule has 1 amide bonds. The van der Waals surface area contributed by atoms with Crippen molar-refractivity contribution in [1.82, 2.24) is 14.9 Å². The summed E-state index contributed by atoms with van der Waals surface area (Å²) in [5.41, 5.74) is 0.885. The van der Waals surface area contributed by atoms with E-state index in [0.29, 0.717) is 31.1 Å². The molecule has 2 N–H and O–H groups in total. The third-order valence-corrected chi connectivity index (χ3v) is 5.96. The summed E-state index contributed by atoms with van der Waals surface area (Å²) in [5, 5.41) is 5.82. The predicted molar refractivity (Wildman–Crippen MR) is 96.6 cm³/mol. The van der Waals surface area contributed by atoms with Crippen LogP contribution in [0.25, 0.3) is 0 Å². The lowest BCUT2D eigenvalue weighted by molar-refractivity contribution is -0.124. The number of sulfonamides is 1. The standard InChI is InChI=1S/C16H25N3O3S.ClH/c1-13(11-17-2)16(20)18-12-14-5-7-15(8-6-14)23(21,22)19-9-3-4-10-19;/h5-8,13,17H,3-4,9-12H2,1-2H3,(H,18,20);1H. The number of hydrogen-bond donors (Lipinski definition) is 2. The molecule has 0 aromatic heterocycles. The maximum Gasteiger partial charge on any atom is 0.243 e. The summed E-state index contributed by atoms with van der Waals surface area (Å²) in [6.45, 7) is 4.08. The molecule has 0 aliphatic carbocycles. The summed E-state index contributed by atoms with van der Waals surface area (Å²) in [5.74, 6) is -0.122. The lowest BCUT2D eigenvalue weighted by Crippen LogP contribution is -2.33. The molecule has 1 aromatic carbocycles. The Bertz CT molecular complexity index is 628. The maximum absolute atomic E-state index is 12.4. The predicted octanol–water partition coefficient (Wildman–Crippen LogP) is 1.36. The Morgan fingerprint density at radius 1 is 1.21 bits per heavy atom. The average molecular weight is 376 g/mol. The molecule has 1 heterocycles. The molecule has 8 heteroatoms. The highest BCUT2D eigenvalue weighted by Crippen LogP contribution is 2.21. The fraction of sp³-hybridized carbons (Fsp3) is 0.562. The first-order chi connectivity index (χ1) is 10.9. The molecular formula is C16H26ClN3O3S. The van der Waals surface area contributed by atoms with Crippen LogP contribution in [-0.2, 0) is 21.4 Å². The molecule has 1 fully saturated rings. The van der Waals surface area contributed by atoms with E-state index in [1.54, 1.807) is 24.3 Å². The van der Waals surface area contributed by atoms with Gasteiger partial charge in [-0.2, -0.15) is 4.31 Å². The van der Waals surface area contributed by atoms with Crippen molar-refractivity contribution in [3.63, 3.8) is 0 Å². The molecule has 1 aliphatic heterocycles. The number of carbonyl (C=O) groups is 1. The van der Waals surface area contributed by atoms with Gasteiger partial charge in [-0.15, -0.1) is 12.4 Å². The number of benzene rings is 1. The molecule has 1 aliphatic rings. The van der Waals surface area contributed by atoms with Gasteiger partial charge in [0.15, 0.2) is 0 Å². The molecule has 1 unspecified atom stereocenters. The van der Waals surface area contributed by atoms with Gasteiger partial charge in [-0.25, -0.2) is 8.42 Å². The van der Waals surface area contributed by atoms with Crippen LogP contribution in [0, 0.1) is 5.92 Å². The normalized spacial score (nSPS) is 16.4. The summed E-state index contributed by atoms with van der Waals surface area (Å²) < 4.78 is 26.4. The summed E-state index contributed by atoms with van der Waals surface area (Å²) in [6.07, 6.45) is 1.85. The Hall–Kier alpha value is -1.15. The van der Waals surface area contributed by atoms with Crippen molar-refractivity contribution in [2.45, 2.75) is 31.2 Å². The number of rotatable bonds is 7. The van der Waals surface area contributed by atoms with Crippen LogP contribution in [-0.4, -0.2) is 45.3 Å². The zero-order valence-corrected chi connectivity index (χ0v) is 15.8. The van der Waals surface area contributed by atoms with E-state index in [4.69, 9.17) is 0 Å². The van der Waals surface area contributed by atoms with E-state index in [9.17, 15) is 13.2 Å². The van der Waals surface area contributed by atoms with Gasteiger partial charge in [0.25, 0.3) is 0 Å². The highest BCUT2D eigenvalue weighted by Gasteiger charge is 2.26. The number of hydrogen-bond acceptors (Lipinski definition) is 4. The molecule has 6 nitrogen and oxygen atoms in total. The molecule has 0 spiro atoms. The minimum Gasteiger partial charge on any atom is -0.352 e. The molecule has 0 bridgehead atoms. The smallest absolute Gasteiger partial charge is 0.243 e. The minimum absolute atomic E-state index is 0. The molecule has 1 aromatic rings. The van der Waals surface area contributed by atoms with E-state index in [0.717, 1.165) is 18.4 Å². The first-order valence-electron chi connectivity index (χ1n) is 7.96. The fourth-order valence-electron chi connectivity index (χ4n) is 2.62. The van der Waals surface area contributed by atoms with Crippen LogP contribution in [0.2, 0.25) is 0 Å². The van der Waals surface area contributed by atoms with Crippen LogP contribution in [0.15, 0.2) is 29.2 Å². The van der Waals surface area contributed by atoms with Gasteiger partial charge in [-0.05, 0) is 37.6 Å². The van der Waals surface area contributed by atoms with Crippen LogP contribution in [0.4, 0.5) is 0 Å². The number of carbonyl (C=O) groups excluding carboxylic acids is 1. The summed E-state index contributed by atoms with van der Waals surface area (Å²) in [4.78, 5) is 12.2. The zero-order chi connectivity index (χ0) is 16.9. The van der Waals surface area contributed by atoms with Gasteiger partial charge in [0.1, 0.15) is 0 Å². The Morgan fingerprint density at radius 3 is 2.33 bits per heavy atom. The van der Waals surface area contributed by atoms with Gasteiger partial charge < -0.3 is 10.6 Å². The van der Waals surface area contributed by atoms with Gasteiger partial charge in [0.2, 0.25) is 15.9 Å². The molecule has 136 valence electrons. The summed E-state index contributed by atoms with van der Waals surface area (Å²) >= 11 is 0. The molecular weight excluding hydrogens is 350 g/mol.